The van der Waals surface area contributed by atoms with Gasteiger partial charge in [0.15, 0.2) is 0 Å². The van der Waals surface area contributed by atoms with E-state index in [2.05, 4.69) is 0 Å². The van der Waals surface area contributed by atoms with Gasteiger partial charge in [-0.1, -0.05) is 29.8 Å². The SMILES string of the molecule is COc1c(C)cc(C(N)c2ccc(Cl)c(F)c2)cc1C. The van der Waals surface area contributed by atoms with Gasteiger partial charge in [-0.3, -0.25) is 0 Å². The molecule has 0 spiro atoms. The van der Waals surface area contributed by atoms with Gasteiger partial charge in [-0.05, 0) is 48.2 Å². The zero-order valence-corrected chi connectivity index (χ0v) is 12.5. The lowest BCUT2D eigenvalue weighted by molar-refractivity contribution is 0.408. The molecule has 0 bridgehead atoms. The second kappa shape index (κ2) is 5.81. The fourth-order valence-electron chi connectivity index (χ4n) is 2.38. The second-order valence-corrected chi connectivity index (χ2v) is 5.25. The minimum absolute atomic E-state index is 0.100. The molecular weight excluding hydrogens is 277 g/mol. The van der Waals surface area contributed by atoms with Crippen LogP contribution >= 0.6 is 11.6 Å². The first kappa shape index (κ1) is 14.8. The van der Waals surface area contributed by atoms with Crippen molar-refractivity contribution in [2.45, 2.75) is 19.9 Å². The quantitative estimate of drug-likeness (QED) is 0.922. The van der Waals surface area contributed by atoms with Gasteiger partial charge in [0, 0.05) is 0 Å². The van der Waals surface area contributed by atoms with Crippen molar-refractivity contribution in [1.82, 2.24) is 0 Å². The molecule has 1 atom stereocenters. The van der Waals surface area contributed by atoms with Gasteiger partial charge in [0.05, 0.1) is 18.2 Å². The molecule has 0 aliphatic heterocycles. The number of hydrogen-bond acceptors (Lipinski definition) is 2. The Morgan fingerprint density at radius 2 is 1.70 bits per heavy atom. The Hall–Kier alpha value is -1.58. The zero-order chi connectivity index (χ0) is 14.9. The van der Waals surface area contributed by atoms with Crippen LogP contribution in [0.4, 0.5) is 4.39 Å². The van der Waals surface area contributed by atoms with Crippen LogP contribution in [0, 0.1) is 19.7 Å². The molecule has 2 aromatic rings. The predicted octanol–water partition coefficient (Wildman–Crippen LogP) is 4.15. The fourth-order valence-corrected chi connectivity index (χ4v) is 2.50. The first-order valence-corrected chi connectivity index (χ1v) is 6.67. The third-order valence-electron chi connectivity index (χ3n) is 3.35. The summed E-state index contributed by atoms with van der Waals surface area (Å²) >= 11 is 5.69. The maximum atomic E-state index is 13.5. The van der Waals surface area contributed by atoms with Crippen molar-refractivity contribution in [3.8, 4) is 5.75 Å². The molecule has 0 radical (unpaired) electrons. The summed E-state index contributed by atoms with van der Waals surface area (Å²) in [7, 11) is 1.64. The van der Waals surface area contributed by atoms with Gasteiger partial charge < -0.3 is 10.5 Å². The molecular formula is C16H17ClFNO. The molecule has 0 fully saturated rings. The second-order valence-electron chi connectivity index (χ2n) is 4.84. The molecule has 0 heterocycles. The molecule has 2 N–H and O–H groups in total. The Labute approximate surface area is 123 Å². The highest BCUT2D eigenvalue weighted by atomic mass is 35.5. The van der Waals surface area contributed by atoms with Crippen LogP contribution in [0.1, 0.15) is 28.3 Å². The third kappa shape index (κ3) is 2.79. The topological polar surface area (TPSA) is 35.2 Å². The fraction of sp³-hybridized carbons (Fsp3) is 0.250. The van der Waals surface area contributed by atoms with Crippen LogP contribution in [0.15, 0.2) is 30.3 Å². The molecule has 2 aromatic carbocycles. The molecule has 0 aromatic heterocycles. The van der Waals surface area contributed by atoms with Gasteiger partial charge in [0.1, 0.15) is 11.6 Å². The molecule has 0 aliphatic carbocycles. The predicted molar refractivity (Wildman–Crippen MR) is 79.9 cm³/mol. The van der Waals surface area contributed by atoms with Crippen LogP contribution in [-0.2, 0) is 0 Å². The minimum atomic E-state index is -0.457. The van der Waals surface area contributed by atoms with Gasteiger partial charge in [-0.2, -0.15) is 0 Å². The van der Waals surface area contributed by atoms with Crippen LogP contribution in [0.3, 0.4) is 0 Å². The summed E-state index contributed by atoms with van der Waals surface area (Å²) in [5.41, 5.74) is 9.84. The number of rotatable bonds is 3. The molecule has 20 heavy (non-hydrogen) atoms. The number of methoxy groups -OCH3 is 1. The summed E-state index contributed by atoms with van der Waals surface area (Å²) in [5.74, 6) is 0.393. The van der Waals surface area contributed by atoms with E-state index in [9.17, 15) is 4.39 Å². The lowest BCUT2D eigenvalue weighted by Gasteiger charge is -2.17. The Kier molecular flexibility index (Phi) is 4.31. The van der Waals surface area contributed by atoms with E-state index in [1.54, 1.807) is 13.2 Å². The van der Waals surface area contributed by atoms with Crippen molar-refractivity contribution in [2.75, 3.05) is 7.11 Å². The van der Waals surface area contributed by atoms with E-state index in [1.807, 2.05) is 26.0 Å². The highest BCUT2D eigenvalue weighted by Crippen LogP contribution is 2.30. The summed E-state index contributed by atoms with van der Waals surface area (Å²) in [6.45, 7) is 3.93. The van der Waals surface area contributed by atoms with E-state index in [0.717, 1.165) is 22.4 Å². The number of hydrogen-bond donors (Lipinski definition) is 1. The summed E-state index contributed by atoms with van der Waals surface area (Å²) in [4.78, 5) is 0. The molecule has 0 aliphatic rings. The average Bonchev–Trinajstić information content (AvgIpc) is 2.40. The van der Waals surface area contributed by atoms with Crippen LogP contribution in [0.25, 0.3) is 0 Å². The van der Waals surface area contributed by atoms with Crippen LogP contribution in [0.2, 0.25) is 5.02 Å². The maximum absolute atomic E-state index is 13.5. The van der Waals surface area contributed by atoms with Gasteiger partial charge in [-0.15, -0.1) is 0 Å². The van der Waals surface area contributed by atoms with E-state index in [-0.39, 0.29) is 5.02 Å². The standard InChI is InChI=1S/C16H17ClFNO/c1-9-6-12(7-10(2)16(9)20-3)15(19)11-4-5-13(17)14(18)8-11/h4-8,15H,19H2,1-3H3. The molecule has 0 saturated carbocycles. The number of aryl methyl sites for hydroxylation is 2. The number of benzene rings is 2. The Morgan fingerprint density at radius 1 is 1.10 bits per heavy atom. The first-order valence-electron chi connectivity index (χ1n) is 6.29. The molecule has 4 heteroatoms. The van der Waals surface area contributed by atoms with Gasteiger partial charge in [0.25, 0.3) is 0 Å². The average molecular weight is 294 g/mol. The van der Waals surface area contributed by atoms with Crippen LogP contribution < -0.4 is 10.5 Å². The Morgan fingerprint density at radius 3 is 2.20 bits per heavy atom. The van der Waals surface area contributed by atoms with E-state index >= 15 is 0 Å². The molecule has 0 amide bonds. The lowest BCUT2D eigenvalue weighted by Crippen LogP contribution is -2.13. The summed E-state index contributed by atoms with van der Waals surface area (Å²) < 4.78 is 18.9. The molecule has 2 nitrogen and oxygen atoms in total. The van der Waals surface area contributed by atoms with E-state index < -0.39 is 11.9 Å². The van der Waals surface area contributed by atoms with Gasteiger partial charge in [-0.25, -0.2) is 4.39 Å². The molecule has 0 saturated heterocycles. The van der Waals surface area contributed by atoms with Gasteiger partial charge >= 0.3 is 0 Å². The highest BCUT2D eigenvalue weighted by molar-refractivity contribution is 6.30. The summed E-state index contributed by atoms with van der Waals surface area (Å²) in [6.07, 6.45) is 0. The minimum Gasteiger partial charge on any atom is -0.496 e. The van der Waals surface area contributed by atoms with Gasteiger partial charge in [0.2, 0.25) is 0 Å². The van der Waals surface area contributed by atoms with Crippen molar-refractivity contribution >= 4 is 11.6 Å². The van der Waals surface area contributed by atoms with Crippen molar-refractivity contribution in [3.05, 3.63) is 63.4 Å². The van der Waals surface area contributed by atoms with Crippen molar-refractivity contribution in [1.29, 1.82) is 0 Å². The Bertz CT molecular complexity index is 619. The third-order valence-corrected chi connectivity index (χ3v) is 3.66. The molecule has 2 rings (SSSR count). The Balaban J connectivity index is 2.42. The van der Waals surface area contributed by atoms with Crippen LogP contribution in [0.5, 0.6) is 5.75 Å². The van der Waals surface area contributed by atoms with Crippen molar-refractivity contribution in [2.24, 2.45) is 5.73 Å². The van der Waals surface area contributed by atoms with Crippen LogP contribution in [-0.4, -0.2) is 7.11 Å². The largest absolute Gasteiger partial charge is 0.496 e. The molecule has 1 unspecified atom stereocenters. The summed E-state index contributed by atoms with van der Waals surface area (Å²) in [6, 6.07) is 8.17. The maximum Gasteiger partial charge on any atom is 0.142 e. The van der Waals surface area contributed by atoms with Crippen molar-refractivity contribution in [3.63, 3.8) is 0 Å². The van der Waals surface area contributed by atoms with Crippen molar-refractivity contribution < 1.29 is 9.13 Å². The normalized spacial score (nSPS) is 12.3. The highest BCUT2D eigenvalue weighted by Gasteiger charge is 2.14. The number of nitrogens with two attached hydrogens (primary N) is 1. The van der Waals surface area contributed by atoms with E-state index in [4.69, 9.17) is 22.1 Å². The van der Waals surface area contributed by atoms with E-state index in [1.165, 1.54) is 12.1 Å². The monoisotopic (exact) mass is 293 g/mol. The number of halogens is 2. The molecule has 106 valence electrons. The smallest absolute Gasteiger partial charge is 0.142 e. The van der Waals surface area contributed by atoms with E-state index in [0.29, 0.717) is 5.56 Å². The summed E-state index contributed by atoms with van der Waals surface area (Å²) in [5, 5.41) is 0.100. The number of ether oxygens (including phenoxy) is 1. The first-order chi connectivity index (χ1) is 9.43. The lowest BCUT2D eigenvalue weighted by atomic mass is 9.95. The zero-order valence-electron chi connectivity index (χ0n) is 11.7.